The summed E-state index contributed by atoms with van der Waals surface area (Å²) in [7, 11) is 0. The quantitative estimate of drug-likeness (QED) is 0.479. The molecule has 5 nitrogen and oxygen atoms in total. The number of hydrogen-bond donors (Lipinski definition) is 1. The fourth-order valence-electron chi connectivity index (χ4n) is 3.43. The van der Waals surface area contributed by atoms with Gasteiger partial charge in [-0.3, -0.25) is 4.79 Å². The van der Waals surface area contributed by atoms with Gasteiger partial charge in [-0.15, -0.1) is 0 Å². The van der Waals surface area contributed by atoms with Crippen molar-refractivity contribution >= 4 is 17.1 Å². The first-order valence-corrected chi connectivity index (χ1v) is 10.0. The van der Waals surface area contributed by atoms with Crippen molar-refractivity contribution in [2.75, 3.05) is 0 Å². The van der Waals surface area contributed by atoms with Crippen LogP contribution in [0.1, 0.15) is 29.8 Å². The third-order valence-electron chi connectivity index (χ3n) is 4.97. The molecule has 4 rings (SSSR count). The fourth-order valence-corrected chi connectivity index (χ4v) is 3.43. The molecule has 0 fully saturated rings. The molecule has 2 heterocycles. The molecular formula is C24H23FN4O. The number of carbonyl (C=O) groups is 1. The first-order valence-electron chi connectivity index (χ1n) is 10.0. The highest BCUT2D eigenvalue weighted by atomic mass is 19.1. The molecule has 2 aromatic heterocycles. The Labute approximate surface area is 174 Å². The summed E-state index contributed by atoms with van der Waals surface area (Å²) in [5.74, 6) is 0.649. The van der Waals surface area contributed by atoms with E-state index in [4.69, 9.17) is 4.98 Å². The molecule has 1 amide bonds. The number of aromatic nitrogens is 3. The summed E-state index contributed by atoms with van der Waals surface area (Å²) in [5, 5.41) is 2.96. The maximum atomic E-state index is 13.2. The van der Waals surface area contributed by atoms with Crippen LogP contribution in [0, 0.1) is 5.82 Å². The monoisotopic (exact) mass is 402 g/mol. The molecule has 0 saturated carbocycles. The normalized spacial score (nSPS) is 11.0. The third-order valence-corrected chi connectivity index (χ3v) is 4.97. The van der Waals surface area contributed by atoms with E-state index in [2.05, 4.69) is 10.3 Å². The van der Waals surface area contributed by atoms with Gasteiger partial charge in [-0.2, -0.15) is 0 Å². The summed E-state index contributed by atoms with van der Waals surface area (Å²) in [6, 6.07) is 20.1. The van der Waals surface area contributed by atoms with Crippen LogP contribution in [-0.4, -0.2) is 20.4 Å². The van der Waals surface area contributed by atoms with Crippen LogP contribution in [0.25, 0.3) is 11.2 Å². The molecule has 0 unspecified atom stereocenters. The van der Waals surface area contributed by atoms with E-state index in [1.807, 2.05) is 47.0 Å². The SMILES string of the molecule is O=C(CCCc1nc2cccnc2n1Cc1ccc(F)cc1)NCc1ccccc1. The minimum absolute atomic E-state index is 0.0261. The van der Waals surface area contributed by atoms with Gasteiger partial charge in [0.05, 0.1) is 6.54 Å². The van der Waals surface area contributed by atoms with Gasteiger partial charge in [0, 0.05) is 25.6 Å². The van der Waals surface area contributed by atoms with E-state index >= 15 is 0 Å². The molecule has 2 aromatic carbocycles. The number of benzene rings is 2. The van der Waals surface area contributed by atoms with Gasteiger partial charge in [-0.1, -0.05) is 42.5 Å². The van der Waals surface area contributed by atoms with Gasteiger partial charge in [0.15, 0.2) is 5.65 Å². The second-order valence-corrected chi connectivity index (χ2v) is 7.20. The van der Waals surface area contributed by atoms with Crippen LogP contribution in [0.3, 0.4) is 0 Å². The predicted molar refractivity (Wildman–Crippen MR) is 114 cm³/mol. The Balaban J connectivity index is 1.40. The number of rotatable bonds is 8. The Kier molecular flexibility index (Phi) is 6.13. The van der Waals surface area contributed by atoms with Crippen molar-refractivity contribution in [2.45, 2.75) is 32.4 Å². The lowest BCUT2D eigenvalue weighted by molar-refractivity contribution is -0.121. The minimum Gasteiger partial charge on any atom is -0.352 e. The zero-order valence-corrected chi connectivity index (χ0v) is 16.6. The van der Waals surface area contributed by atoms with E-state index in [1.165, 1.54) is 12.1 Å². The summed E-state index contributed by atoms with van der Waals surface area (Å²) in [6.07, 6.45) is 3.52. The zero-order chi connectivity index (χ0) is 20.8. The minimum atomic E-state index is -0.255. The van der Waals surface area contributed by atoms with Crippen molar-refractivity contribution < 1.29 is 9.18 Å². The number of carbonyl (C=O) groups excluding carboxylic acids is 1. The average molecular weight is 402 g/mol. The number of aryl methyl sites for hydroxylation is 1. The van der Waals surface area contributed by atoms with Crippen molar-refractivity contribution in [2.24, 2.45) is 0 Å². The van der Waals surface area contributed by atoms with Gasteiger partial charge < -0.3 is 9.88 Å². The summed E-state index contributed by atoms with van der Waals surface area (Å²) in [6.45, 7) is 1.09. The molecule has 0 aliphatic heterocycles. The van der Waals surface area contributed by atoms with Gasteiger partial charge in [-0.25, -0.2) is 14.4 Å². The number of nitrogens with one attached hydrogen (secondary N) is 1. The highest BCUT2D eigenvalue weighted by Crippen LogP contribution is 2.18. The predicted octanol–water partition coefficient (Wildman–Crippen LogP) is 4.26. The number of nitrogens with zero attached hydrogens (tertiary/aromatic N) is 3. The maximum Gasteiger partial charge on any atom is 0.220 e. The molecule has 1 N–H and O–H groups in total. The second kappa shape index (κ2) is 9.31. The molecule has 0 radical (unpaired) electrons. The van der Waals surface area contributed by atoms with E-state index in [9.17, 15) is 9.18 Å². The van der Waals surface area contributed by atoms with Crippen LogP contribution < -0.4 is 5.32 Å². The highest BCUT2D eigenvalue weighted by Gasteiger charge is 2.13. The van der Waals surface area contributed by atoms with Gasteiger partial charge in [0.1, 0.15) is 17.2 Å². The smallest absolute Gasteiger partial charge is 0.220 e. The van der Waals surface area contributed by atoms with Crippen molar-refractivity contribution in [1.82, 2.24) is 19.9 Å². The van der Waals surface area contributed by atoms with Crippen molar-refractivity contribution in [3.05, 3.63) is 95.7 Å². The van der Waals surface area contributed by atoms with Gasteiger partial charge in [0.2, 0.25) is 5.91 Å². The van der Waals surface area contributed by atoms with Crippen LogP contribution >= 0.6 is 0 Å². The molecular weight excluding hydrogens is 379 g/mol. The summed E-state index contributed by atoms with van der Waals surface area (Å²) < 4.78 is 15.3. The standard InChI is InChI=1S/C24H23FN4O/c25-20-13-11-19(12-14-20)17-29-22(28-21-8-5-15-26-24(21)29)9-4-10-23(30)27-16-18-6-2-1-3-7-18/h1-3,5-8,11-15H,4,9-10,16-17H2,(H,27,30). The van der Waals surface area contributed by atoms with Crippen LogP contribution in [0.4, 0.5) is 4.39 Å². The Morgan fingerprint density at radius 2 is 1.77 bits per heavy atom. The van der Waals surface area contributed by atoms with Crippen LogP contribution in [0.5, 0.6) is 0 Å². The number of imidazole rings is 1. The van der Waals surface area contributed by atoms with Crippen molar-refractivity contribution in [3.63, 3.8) is 0 Å². The van der Waals surface area contributed by atoms with Crippen molar-refractivity contribution in [3.8, 4) is 0 Å². The second-order valence-electron chi connectivity index (χ2n) is 7.20. The van der Waals surface area contributed by atoms with Gasteiger partial charge in [0.25, 0.3) is 0 Å². The lowest BCUT2D eigenvalue weighted by Gasteiger charge is -2.09. The molecule has 0 bridgehead atoms. The Morgan fingerprint density at radius 1 is 0.967 bits per heavy atom. The Morgan fingerprint density at radius 3 is 2.57 bits per heavy atom. The fraction of sp³-hybridized carbons (Fsp3) is 0.208. The lowest BCUT2D eigenvalue weighted by Crippen LogP contribution is -2.22. The average Bonchev–Trinajstić information content (AvgIpc) is 3.12. The van der Waals surface area contributed by atoms with Crippen LogP contribution in [-0.2, 0) is 24.3 Å². The summed E-state index contributed by atoms with van der Waals surface area (Å²) in [5.41, 5.74) is 3.68. The number of amides is 1. The molecule has 0 saturated heterocycles. The third kappa shape index (κ3) is 4.89. The number of pyridine rings is 1. The molecule has 4 aromatic rings. The zero-order valence-electron chi connectivity index (χ0n) is 16.6. The summed E-state index contributed by atoms with van der Waals surface area (Å²) in [4.78, 5) is 21.4. The van der Waals surface area contributed by atoms with Gasteiger partial charge in [-0.05, 0) is 41.8 Å². The maximum absolute atomic E-state index is 13.2. The first kappa shape index (κ1) is 19.8. The largest absolute Gasteiger partial charge is 0.352 e. The molecule has 0 spiro atoms. The van der Waals surface area contributed by atoms with E-state index in [-0.39, 0.29) is 11.7 Å². The molecule has 6 heteroatoms. The Hall–Kier alpha value is -3.54. The van der Waals surface area contributed by atoms with Gasteiger partial charge >= 0.3 is 0 Å². The molecule has 0 aliphatic rings. The van der Waals surface area contributed by atoms with E-state index in [0.717, 1.165) is 28.1 Å². The first-order chi connectivity index (χ1) is 14.7. The van der Waals surface area contributed by atoms with E-state index in [1.54, 1.807) is 18.3 Å². The summed E-state index contributed by atoms with van der Waals surface area (Å²) >= 11 is 0. The van der Waals surface area contributed by atoms with Crippen LogP contribution in [0.15, 0.2) is 72.9 Å². The molecule has 0 aliphatic carbocycles. The topological polar surface area (TPSA) is 59.8 Å². The highest BCUT2D eigenvalue weighted by molar-refractivity contribution is 5.76. The number of fused-ring (bicyclic) bond motifs is 1. The van der Waals surface area contributed by atoms with Crippen molar-refractivity contribution in [1.29, 1.82) is 0 Å². The lowest BCUT2D eigenvalue weighted by atomic mass is 10.2. The number of hydrogen-bond acceptors (Lipinski definition) is 3. The molecule has 152 valence electrons. The number of halogens is 1. The van der Waals surface area contributed by atoms with E-state index < -0.39 is 0 Å². The van der Waals surface area contributed by atoms with E-state index in [0.29, 0.717) is 32.4 Å². The Bertz CT molecular complexity index is 1120. The molecule has 30 heavy (non-hydrogen) atoms. The molecule has 0 atom stereocenters. The van der Waals surface area contributed by atoms with Crippen LogP contribution in [0.2, 0.25) is 0 Å².